The number of Topliss-reactive ketones (excluding diaryl/α,β-unsaturated/α-hetero) is 1. The SMILES string of the molecule is C=C(CBr)[C@@H]1CC(=O)C(C)=C(C)C1(C)C. The monoisotopic (exact) mass is 270 g/mol. The lowest BCUT2D eigenvalue weighted by Crippen LogP contribution is -2.35. The van der Waals surface area contributed by atoms with Gasteiger partial charge in [-0.1, -0.05) is 47.5 Å². The van der Waals surface area contributed by atoms with Gasteiger partial charge in [-0.25, -0.2) is 0 Å². The molecule has 0 N–H and O–H groups in total. The van der Waals surface area contributed by atoms with Crippen LogP contribution in [-0.4, -0.2) is 11.1 Å². The smallest absolute Gasteiger partial charge is 0.159 e. The maximum atomic E-state index is 11.8. The fraction of sp³-hybridized carbons (Fsp3) is 0.615. The standard InChI is InChI=1S/C13H19BrO/c1-8(7-14)11-6-12(15)9(2)10(3)13(11,4)5/h11H,1,6-7H2,2-5H3/t11-/m0/s1. The summed E-state index contributed by atoms with van der Waals surface area (Å²) in [6.45, 7) is 12.5. The van der Waals surface area contributed by atoms with Crippen molar-refractivity contribution in [3.8, 4) is 0 Å². The van der Waals surface area contributed by atoms with E-state index in [1.165, 1.54) is 5.57 Å². The van der Waals surface area contributed by atoms with Crippen molar-refractivity contribution in [1.82, 2.24) is 0 Å². The van der Waals surface area contributed by atoms with Crippen molar-refractivity contribution >= 4 is 21.7 Å². The number of rotatable bonds is 2. The van der Waals surface area contributed by atoms with Crippen molar-refractivity contribution in [3.63, 3.8) is 0 Å². The zero-order valence-electron chi connectivity index (χ0n) is 9.98. The summed E-state index contributed by atoms with van der Waals surface area (Å²) in [5.74, 6) is 0.548. The molecule has 0 heterocycles. The predicted octanol–water partition coefficient (Wildman–Crippen LogP) is 3.89. The van der Waals surface area contributed by atoms with Crippen LogP contribution in [0.15, 0.2) is 23.3 Å². The summed E-state index contributed by atoms with van der Waals surface area (Å²) >= 11 is 3.43. The van der Waals surface area contributed by atoms with E-state index in [2.05, 4.69) is 43.3 Å². The summed E-state index contributed by atoms with van der Waals surface area (Å²) in [4.78, 5) is 11.8. The number of carbonyl (C=O) groups is 1. The molecular weight excluding hydrogens is 252 g/mol. The zero-order chi connectivity index (χ0) is 11.8. The predicted molar refractivity (Wildman–Crippen MR) is 68.2 cm³/mol. The lowest BCUT2D eigenvalue weighted by atomic mass is 9.63. The van der Waals surface area contributed by atoms with Crippen molar-refractivity contribution in [2.75, 3.05) is 5.33 Å². The van der Waals surface area contributed by atoms with Gasteiger partial charge in [-0.05, 0) is 30.8 Å². The Balaban J connectivity index is 3.17. The normalized spacial score (nSPS) is 25.7. The molecule has 0 spiro atoms. The largest absolute Gasteiger partial charge is 0.295 e. The average Bonchev–Trinajstić information content (AvgIpc) is 2.20. The van der Waals surface area contributed by atoms with E-state index >= 15 is 0 Å². The van der Waals surface area contributed by atoms with Crippen LogP contribution < -0.4 is 0 Å². The second-order valence-electron chi connectivity index (χ2n) is 4.94. The second kappa shape index (κ2) is 4.25. The van der Waals surface area contributed by atoms with Crippen molar-refractivity contribution in [2.24, 2.45) is 11.3 Å². The van der Waals surface area contributed by atoms with E-state index in [-0.39, 0.29) is 17.1 Å². The number of alkyl halides is 1. The molecule has 0 unspecified atom stereocenters. The minimum atomic E-state index is 0.0584. The molecule has 0 aliphatic heterocycles. The highest BCUT2D eigenvalue weighted by Crippen LogP contribution is 2.46. The van der Waals surface area contributed by atoms with Crippen molar-refractivity contribution in [3.05, 3.63) is 23.3 Å². The number of halogens is 1. The third kappa shape index (κ3) is 2.10. The van der Waals surface area contributed by atoms with E-state index in [9.17, 15) is 4.79 Å². The highest BCUT2D eigenvalue weighted by molar-refractivity contribution is 9.09. The van der Waals surface area contributed by atoms with Gasteiger partial charge in [0.25, 0.3) is 0 Å². The van der Waals surface area contributed by atoms with Crippen molar-refractivity contribution in [1.29, 1.82) is 0 Å². The number of ketones is 1. The van der Waals surface area contributed by atoms with Crippen molar-refractivity contribution in [2.45, 2.75) is 34.1 Å². The van der Waals surface area contributed by atoms with Gasteiger partial charge in [0.1, 0.15) is 0 Å². The molecule has 0 aromatic carbocycles. The van der Waals surface area contributed by atoms with E-state index in [0.717, 1.165) is 16.5 Å². The first-order chi connectivity index (χ1) is 6.82. The van der Waals surface area contributed by atoms with Gasteiger partial charge >= 0.3 is 0 Å². The van der Waals surface area contributed by atoms with E-state index in [4.69, 9.17) is 0 Å². The maximum Gasteiger partial charge on any atom is 0.159 e. The first kappa shape index (κ1) is 12.7. The molecular formula is C13H19BrO. The second-order valence-corrected chi connectivity index (χ2v) is 5.50. The van der Waals surface area contributed by atoms with Crippen LogP contribution in [0.3, 0.4) is 0 Å². The molecule has 0 bridgehead atoms. The molecule has 1 aliphatic carbocycles. The Kier molecular flexibility index (Phi) is 3.59. The fourth-order valence-corrected chi connectivity index (χ4v) is 2.69. The molecule has 1 nitrogen and oxygen atoms in total. The number of allylic oxidation sites excluding steroid dienone is 3. The summed E-state index contributed by atoms with van der Waals surface area (Å²) in [5.41, 5.74) is 3.34. The molecule has 1 rings (SSSR count). The molecule has 0 radical (unpaired) electrons. The molecule has 0 saturated carbocycles. The Hall–Kier alpha value is -0.370. The lowest BCUT2D eigenvalue weighted by Gasteiger charge is -2.40. The van der Waals surface area contributed by atoms with Crippen molar-refractivity contribution < 1.29 is 4.79 Å². The average molecular weight is 271 g/mol. The topological polar surface area (TPSA) is 17.1 Å². The molecule has 1 atom stereocenters. The van der Waals surface area contributed by atoms with Gasteiger partial charge in [-0.3, -0.25) is 4.79 Å². The summed E-state index contributed by atoms with van der Waals surface area (Å²) < 4.78 is 0. The van der Waals surface area contributed by atoms with E-state index in [1.54, 1.807) is 0 Å². The molecule has 2 heteroatoms. The molecule has 0 amide bonds. The number of hydrogen-bond acceptors (Lipinski definition) is 1. The van der Waals surface area contributed by atoms with Crippen LogP contribution in [0.4, 0.5) is 0 Å². The number of hydrogen-bond donors (Lipinski definition) is 0. The van der Waals surface area contributed by atoms with Gasteiger partial charge in [-0.15, -0.1) is 0 Å². The van der Waals surface area contributed by atoms with Crippen LogP contribution in [0.5, 0.6) is 0 Å². The van der Waals surface area contributed by atoms with E-state index in [0.29, 0.717) is 6.42 Å². The van der Waals surface area contributed by atoms with Gasteiger partial charge in [-0.2, -0.15) is 0 Å². The van der Waals surface area contributed by atoms with Gasteiger partial charge in [0.2, 0.25) is 0 Å². The van der Waals surface area contributed by atoms with Crippen LogP contribution in [0.1, 0.15) is 34.1 Å². The van der Waals surface area contributed by atoms with Gasteiger partial charge in [0.15, 0.2) is 5.78 Å². The third-order valence-electron chi connectivity index (χ3n) is 3.87. The zero-order valence-corrected chi connectivity index (χ0v) is 11.6. The van der Waals surface area contributed by atoms with Gasteiger partial charge in [0, 0.05) is 11.8 Å². The Labute approximate surface area is 101 Å². The summed E-state index contributed by atoms with van der Waals surface area (Å²) in [6.07, 6.45) is 0.612. The van der Waals surface area contributed by atoms with Crippen LogP contribution in [0.2, 0.25) is 0 Å². The van der Waals surface area contributed by atoms with Crippen LogP contribution in [0.25, 0.3) is 0 Å². The first-order valence-corrected chi connectivity index (χ1v) is 6.39. The van der Waals surface area contributed by atoms with E-state index < -0.39 is 0 Å². The number of carbonyl (C=O) groups excluding carboxylic acids is 1. The molecule has 84 valence electrons. The summed E-state index contributed by atoms with van der Waals surface area (Å²) in [7, 11) is 0. The van der Waals surface area contributed by atoms with E-state index in [1.807, 2.05) is 6.92 Å². The molecule has 0 aromatic heterocycles. The highest BCUT2D eigenvalue weighted by Gasteiger charge is 2.39. The fourth-order valence-electron chi connectivity index (χ4n) is 2.30. The minimum Gasteiger partial charge on any atom is -0.295 e. The Morgan fingerprint density at radius 1 is 1.53 bits per heavy atom. The molecule has 15 heavy (non-hydrogen) atoms. The highest BCUT2D eigenvalue weighted by atomic mass is 79.9. The Bertz CT molecular complexity index is 336. The Morgan fingerprint density at radius 3 is 2.53 bits per heavy atom. The maximum absolute atomic E-state index is 11.8. The quantitative estimate of drug-likeness (QED) is 0.550. The molecule has 0 aromatic rings. The summed E-state index contributed by atoms with van der Waals surface area (Å²) in [6, 6.07) is 0. The summed E-state index contributed by atoms with van der Waals surface area (Å²) in [5, 5.41) is 0.778. The third-order valence-corrected chi connectivity index (χ3v) is 4.59. The molecule has 1 aliphatic rings. The minimum absolute atomic E-state index is 0.0584. The first-order valence-electron chi connectivity index (χ1n) is 5.27. The lowest BCUT2D eigenvalue weighted by molar-refractivity contribution is -0.117. The van der Waals surface area contributed by atoms with Crippen LogP contribution >= 0.6 is 15.9 Å². The van der Waals surface area contributed by atoms with Crippen LogP contribution in [0, 0.1) is 11.3 Å². The van der Waals surface area contributed by atoms with Crippen LogP contribution in [-0.2, 0) is 4.79 Å². The molecule has 0 saturated heterocycles. The Morgan fingerprint density at radius 2 is 2.07 bits per heavy atom. The van der Waals surface area contributed by atoms with Gasteiger partial charge in [0.05, 0.1) is 0 Å². The van der Waals surface area contributed by atoms with Gasteiger partial charge < -0.3 is 0 Å². The molecule has 0 fully saturated rings.